The molecular formula is C16H28N2O3. The first-order chi connectivity index (χ1) is 10.0. The number of hydrogen-bond acceptors (Lipinski definition) is 2. The third-order valence-electron chi connectivity index (χ3n) is 5.36. The number of rotatable bonds is 6. The standard InChI is InChI=1S/C16H28N2O3/c1-4-11(5-2)10-17(6-3)16(21)18-12-7-8-14(18)13(9-12)15(19)20/h11-14H,4-10H2,1-3H3,(H,19,20). The monoisotopic (exact) mass is 296 g/mol. The molecule has 0 aliphatic carbocycles. The number of fused-ring (bicyclic) bond motifs is 2. The summed E-state index contributed by atoms with van der Waals surface area (Å²) in [5, 5.41) is 9.30. The zero-order valence-electron chi connectivity index (χ0n) is 13.4. The Kier molecular flexibility index (Phi) is 5.12. The summed E-state index contributed by atoms with van der Waals surface area (Å²) in [7, 11) is 0. The number of urea groups is 1. The molecule has 2 aliphatic heterocycles. The van der Waals surface area contributed by atoms with E-state index in [9.17, 15) is 14.7 Å². The second-order valence-electron chi connectivity index (χ2n) is 6.39. The molecule has 0 aromatic carbocycles. The average molecular weight is 296 g/mol. The van der Waals surface area contributed by atoms with Crippen LogP contribution in [0.5, 0.6) is 0 Å². The Bertz CT molecular complexity index is 395. The highest BCUT2D eigenvalue weighted by Crippen LogP contribution is 2.42. The zero-order valence-corrected chi connectivity index (χ0v) is 13.4. The summed E-state index contributed by atoms with van der Waals surface area (Å²) in [5.74, 6) is -0.577. The van der Waals surface area contributed by atoms with E-state index in [4.69, 9.17) is 0 Å². The molecule has 0 saturated carbocycles. The zero-order chi connectivity index (χ0) is 15.6. The lowest BCUT2D eigenvalue weighted by atomic mass is 9.89. The van der Waals surface area contributed by atoms with E-state index in [1.165, 1.54) is 0 Å². The van der Waals surface area contributed by atoms with Gasteiger partial charge in [-0.05, 0) is 32.1 Å². The summed E-state index contributed by atoms with van der Waals surface area (Å²) >= 11 is 0. The summed E-state index contributed by atoms with van der Waals surface area (Å²) in [6.45, 7) is 7.81. The predicted octanol–water partition coefficient (Wildman–Crippen LogP) is 2.80. The Balaban J connectivity index is 2.06. The van der Waals surface area contributed by atoms with E-state index >= 15 is 0 Å². The first kappa shape index (κ1) is 16.1. The fourth-order valence-corrected chi connectivity index (χ4v) is 3.92. The van der Waals surface area contributed by atoms with Crippen molar-refractivity contribution in [2.75, 3.05) is 13.1 Å². The Hall–Kier alpha value is -1.26. The molecule has 2 amide bonds. The second kappa shape index (κ2) is 6.67. The normalized spacial score (nSPS) is 27.4. The number of amides is 2. The van der Waals surface area contributed by atoms with E-state index in [0.29, 0.717) is 18.9 Å². The molecule has 3 atom stereocenters. The summed E-state index contributed by atoms with van der Waals surface area (Å²) in [4.78, 5) is 27.9. The van der Waals surface area contributed by atoms with Crippen LogP contribution in [0.15, 0.2) is 0 Å². The minimum absolute atomic E-state index is 0.0562. The molecule has 0 spiro atoms. The van der Waals surface area contributed by atoms with Crippen molar-refractivity contribution in [1.82, 2.24) is 9.80 Å². The van der Waals surface area contributed by atoms with Crippen LogP contribution in [0.3, 0.4) is 0 Å². The van der Waals surface area contributed by atoms with Crippen molar-refractivity contribution in [3.8, 4) is 0 Å². The number of nitrogens with zero attached hydrogens (tertiary/aromatic N) is 2. The summed E-state index contributed by atoms with van der Waals surface area (Å²) in [6.07, 6.45) is 4.59. The summed E-state index contributed by atoms with van der Waals surface area (Å²) in [5.41, 5.74) is 0. The van der Waals surface area contributed by atoms with Crippen LogP contribution in [0, 0.1) is 11.8 Å². The highest BCUT2D eigenvalue weighted by molar-refractivity contribution is 5.79. The highest BCUT2D eigenvalue weighted by atomic mass is 16.4. The third kappa shape index (κ3) is 3.01. The minimum atomic E-state index is -0.747. The molecule has 21 heavy (non-hydrogen) atoms. The predicted molar refractivity (Wildman–Crippen MR) is 81.1 cm³/mol. The molecule has 3 unspecified atom stereocenters. The molecule has 1 N–H and O–H groups in total. The van der Waals surface area contributed by atoms with Crippen molar-refractivity contribution in [2.24, 2.45) is 11.8 Å². The second-order valence-corrected chi connectivity index (χ2v) is 6.39. The fraction of sp³-hybridized carbons (Fsp3) is 0.875. The summed E-state index contributed by atoms with van der Waals surface area (Å²) < 4.78 is 0. The van der Waals surface area contributed by atoms with Gasteiger partial charge in [0.2, 0.25) is 0 Å². The molecule has 2 bridgehead atoms. The molecule has 2 heterocycles. The van der Waals surface area contributed by atoms with Gasteiger partial charge in [-0.2, -0.15) is 0 Å². The quantitative estimate of drug-likeness (QED) is 0.820. The van der Waals surface area contributed by atoms with Crippen LogP contribution in [-0.2, 0) is 4.79 Å². The van der Waals surface area contributed by atoms with E-state index in [0.717, 1.165) is 32.2 Å². The smallest absolute Gasteiger partial charge is 0.320 e. The van der Waals surface area contributed by atoms with Crippen LogP contribution in [-0.4, -0.2) is 52.1 Å². The molecule has 0 radical (unpaired) electrons. The fourth-order valence-electron chi connectivity index (χ4n) is 3.92. The maximum Gasteiger partial charge on any atom is 0.320 e. The molecular weight excluding hydrogens is 268 g/mol. The largest absolute Gasteiger partial charge is 0.481 e. The van der Waals surface area contributed by atoms with Crippen LogP contribution in [0.1, 0.15) is 52.9 Å². The number of carbonyl (C=O) groups excluding carboxylic acids is 1. The molecule has 0 aromatic rings. The highest BCUT2D eigenvalue weighted by Gasteiger charge is 2.52. The van der Waals surface area contributed by atoms with Gasteiger partial charge >= 0.3 is 12.0 Å². The Labute approximate surface area is 127 Å². The van der Waals surface area contributed by atoms with Crippen LogP contribution < -0.4 is 0 Å². The van der Waals surface area contributed by atoms with Crippen molar-refractivity contribution in [2.45, 2.75) is 65.0 Å². The van der Waals surface area contributed by atoms with E-state index < -0.39 is 5.97 Å². The van der Waals surface area contributed by atoms with Crippen molar-refractivity contribution < 1.29 is 14.7 Å². The lowest BCUT2D eigenvalue weighted by Gasteiger charge is -2.32. The number of carboxylic acids is 1. The minimum Gasteiger partial charge on any atom is -0.481 e. The third-order valence-corrected chi connectivity index (χ3v) is 5.36. The number of hydrogen-bond donors (Lipinski definition) is 1. The van der Waals surface area contributed by atoms with Gasteiger partial charge in [-0.3, -0.25) is 4.79 Å². The van der Waals surface area contributed by atoms with Gasteiger partial charge in [-0.15, -0.1) is 0 Å². The number of aliphatic carboxylic acids is 1. The van der Waals surface area contributed by atoms with Gasteiger partial charge in [0.1, 0.15) is 0 Å². The first-order valence-electron chi connectivity index (χ1n) is 8.33. The summed E-state index contributed by atoms with van der Waals surface area (Å²) in [6, 6.07) is 0.107. The SMILES string of the molecule is CCC(CC)CN(CC)C(=O)N1C2CCC1C(C(=O)O)C2. The van der Waals surface area contributed by atoms with Crippen LogP contribution in [0.2, 0.25) is 0 Å². The van der Waals surface area contributed by atoms with Crippen molar-refractivity contribution >= 4 is 12.0 Å². The Morgan fingerprint density at radius 1 is 1.24 bits per heavy atom. The maximum absolute atomic E-state index is 12.8. The topological polar surface area (TPSA) is 60.9 Å². The van der Waals surface area contributed by atoms with E-state index in [2.05, 4.69) is 13.8 Å². The van der Waals surface area contributed by atoms with Crippen molar-refractivity contribution in [3.63, 3.8) is 0 Å². The Morgan fingerprint density at radius 3 is 2.38 bits per heavy atom. The van der Waals surface area contributed by atoms with Gasteiger partial charge < -0.3 is 14.9 Å². The molecule has 2 rings (SSSR count). The lowest BCUT2D eigenvalue weighted by molar-refractivity contribution is -0.142. The molecule has 120 valence electrons. The number of carboxylic acid groups (broad SMARTS) is 1. The van der Waals surface area contributed by atoms with Gasteiger partial charge in [0.25, 0.3) is 0 Å². The molecule has 2 saturated heterocycles. The van der Waals surface area contributed by atoms with Gasteiger partial charge in [-0.1, -0.05) is 26.7 Å². The van der Waals surface area contributed by atoms with Crippen molar-refractivity contribution in [1.29, 1.82) is 0 Å². The van der Waals surface area contributed by atoms with Gasteiger partial charge in [0, 0.05) is 25.2 Å². The van der Waals surface area contributed by atoms with Crippen LogP contribution in [0.25, 0.3) is 0 Å². The molecule has 5 nitrogen and oxygen atoms in total. The van der Waals surface area contributed by atoms with E-state index in [1.807, 2.05) is 16.7 Å². The van der Waals surface area contributed by atoms with E-state index in [-0.39, 0.29) is 24.0 Å². The van der Waals surface area contributed by atoms with Gasteiger partial charge in [-0.25, -0.2) is 4.79 Å². The van der Waals surface area contributed by atoms with Crippen LogP contribution >= 0.6 is 0 Å². The Morgan fingerprint density at radius 2 is 1.90 bits per heavy atom. The average Bonchev–Trinajstić information content (AvgIpc) is 3.05. The molecule has 5 heteroatoms. The van der Waals surface area contributed by atoms with E-state index in [1.54, 1.807) is 0 Å². The number of carbonyl (C=O) groups is 2. The van der Waals surface area contributed by atoms with Crippen molar-refractivity contribution in [3.05, 3.63) is 0 Å². The molecule has 0 aromatic heterocycles. The lowest BCUT2D eigenvalue weighted by Crippen LogP contribution is -2.48. The molecule has 2 fully saturated rings. The van der Waals surface area contributed by atoms with Crippen LogP contribution in [0.4, 0.5) is 4.79 Å². The van der Waals surface area contributed by atoms with Gasteiger partial charge in [0.15, 0.2) is 0 Å². The maximum atomic E-state index is 12.8. The first-order valence-corrected chi connectivity index (χ1v) is 8.33. The van der Waals surface area contributed by atoms with Gasteiger partial charge in [0.05, 0.1) is 5.92 Å². The molecule has 2 aliphatic rings.